The zero-order chi connectivity index (χ0) is 42.1. The van der Waals surface area contributed by atoms with E-state index in [1.54, 1.807) is 42.5 Å². The number of aliphatic carboxylic acids is 1. The third-order valence-electron chi connectivity index (χ3n) is 9.89. The minimum absolute atomic E-state index is 0.00168. The summed E-state index contributed by atoms with van der Waals surface area (Å²) in [5.74, 6) is -2.03. The fraction of sp³-hybridized carbons (Fsp3) is 0.444. The van der Waals surface area contributed by atoms with E-state index in [2.05, 4.69) is 0 Å². The highest BCUT2D eigenvalue weighted by Crippen LogP contribution is 2.48. The summed E-state index contributed by atoms with van der Waals surface area (Å²) in [4.78, 5) is 12.5. The number of hydrogen-bond donors (Lipinski definition) is 4. The molecule has 16 nitrogen and oxygen atoms in total. The first-order valence-corrected chi connectivity index (χ1v) is 23.6. The minimum atomic E-state index is -4.52. The smallest absolute Gasteiger partial charge is 0.303 e. The molecule has 56 heavy (non-hydrogen) atoms. The third kappa shape index (κ3) is 10.4. The molecule has 0 saturated carbocycles. The van der Waals surface area contributed by atoms with Gasteiger partial charge in [0, 0.05) is 67.5 Å². The van der Waals surface area contributed by atoms with Crippen molar-refractivity contribution in [1.29, 1.82) is 0 Å². The molecule has 0 radical (unpaired) electrons. The molecular weight excluding hydrogens is 811 g/mol. The lowest BCUT2D eigenvalue weighted by molar-refractivity contribution is -0.437. The van der Waals surface area contributed by atoms with E-state index in [-0.39, 0.29) is 55.1 Å². The van der Waals surface area contributed by atoms with Gasteiger partial charge in [-0.3, -0.25) is 18.5 Å². The van der Waals surface area contributed by atoms with Gasteiger partial charge in [0.2, 0.25) is 15.7 Å². The number of allylic oxidation sites excluding steroid dienone is 6. The summed E-state index contributed by atoms with van der Waals surface area (Å²) >= 11 is 0. The maximum atomic E-state index is 13.5. The van der Waals surface area contributed by atoms with Gasteiger partial charge in [-0.05, 0) is 68.7 Å². The highest BCUT2D eigenvalue weighted by atomic mass is 32.2. The van der Waals surface area contributed by atoms with Gasteiger partial charge in [0.25, 0.3) is 30.4 Å². The van der Waals surface area contributed by atoms with Gasteiger partial charge in [-0.25, -0.2) is 12.7 Å². The van der Waals surface area contributed by atoms with E-state index in [0.29, 0.717) is 33.9 Å². The van der Waals surface area contributed by atoms with Gasteiger partial charge in [0.05, 0.1) is 26.7 Å². The van der Waals surface area contributed by atoms with Gasteiger partial charge in [-0.1, -0.05) is 32.1 Å². The second-order valence-corrected chi connectivity index (χ2v) is 21.3. The van der Waals surface area contributed by atoms with Crippen molar-refractivity contribution in [2.75, 3.05) is 43.1 Å². The fourth-order valence-electron chi connectivity index (χ4n) is 7.03. The Kier molecular flexibility index (Phi) is 13.3. The van der Waals surface area contributed by atoms with Crippen molar-refractivity contribution in [2.45, 2.75) is 74.0 Å². The fourth-order valence-corrected chi connectivity index (χ4v) is 9.76. The lowest BCUT2D eigenvalue weighted by Gasteiger charge is -2.27. The standard InChI is InChI=1S/C36H47N3O13S4/c1-35(2)28-24-26(55(48,49)37(5)19-9-14-34(40)41)15-17-30(28)38(20-10-22-53(42,43)44)32(35)12-7-6-8-13-33-36(3,4)29-25-27(56(50,51)52)16-18-31(29)39(33)21-11-23-54(45,46)47/h6-8,12-13,15-18,24-25H,9-11,14,19-23H2,1-5H3,(H3-,40,41,42,43,44,45,46,47,50,51,52)/p+1. The van der Waals surface area contributed by atoms with Crippen molar-refractivity contribution >= 4 is 63.4 Å². The molecule has 0 saturated heterocycles. The predicted molar refractivity (Wildman–Crippen MR) is 211 cm³/mol. The molecule has 0 unspecified atom stereocenters. The van der Waals surface area contributed by atoms with Gasteiger partial charge in [0.1, 0.15) is 6.54 Å². The van der Waals surface area contributed by atoms with Crippen LogP contribution in [0.4, 0.5) is 11.4 Å². The molecule has 0 fully saturated rings. The molecule has 0 amide bonds. The lowest BCUT2D eigenvalue weighted by atomic mass is 9.81. The number of nitrogens with zero attached hydrogens (tertiary/aromatic N) is 3. The molecule has 2 aromatic carbocycles. The summed E-state index contributed by atoms with van der Waals surface area (Å²) in [7, 11) is -15.6. The largest absolute Gasteiger partial charge is 0.481 e. The molecule has 4 rings (SSSR count). The van der Waals surface area contributed by atoms with E-state index in [9.17, 15) is 52.1 Å². The van der Waals surface area contributed by atoms with Crippen molar-refractivity contribution in [2.24, 2.45) is 0 Å². The molecule has 0 bridgehead atoms. The average molecular weight is 859 g/mol. The van der Waals surface area contributed by atoms with E-state index in [0.717, 1.165) is 4.31 Å². The van der Waals surface area contributed by atoms with Gasteiger partial charge in [-0.15, -0.1) is 0 Å². The Labute approximate surface area is 328 Å². The van der Waals surface area contributed by atoms with E-state index < -0.39 is 68.7 Å². The molecule has 0 aliphatic carbocycles. The van der Waals surface area contributed by atoms with Crippen LogP contribution in [0, 0.1) is 0 Å². The number of anilines is 1. The summed E-state index contributed by atoms with van der Waals surface area (Å²) in [5.41, 5.74) is 2.22. The molecule has 20 heteroatoms. The van der Waals surface area contributed by atoms with Crippen LogP contribution in [-0.4, -0.2) is 111 Å². The van der Waals surface area contributed by atoms with E-state index in [4.69, 9.17) is 5.11 Å². The zero-order valence-corrected chi connectivity index (χ0v) is 34.9. The second kappa shape index (κ2) is 16.6. The van der Waals surface area contributed by atoms with E-state index >= 15 is 0 Å². The Hall–Kier alpha value is -3.76. The number of sulfonamides is 1. The normalized spacial score (nSPS) is 17.8. The lowest BCUT2D eigenvalue weighted by Crippen LogP contribution is -2.29. The SMILES string of the molecule is CN(CCCC(=O)O)S(=O)(=O)c1ccc2c(c1)C(C)(C)C(C=CC=CC=C1N(CCCS(=O)(=O)O)c3ccc(S(=O)(=O)O)cc3C1(C)C)=[N+]2CCCS(=O)(=O)O. The number of fused-ring (bicyclic) bond motifs is 2. The van der Waals surface area contributed by atoms with Gasteiger partial charge >= 0.3 is 5.97 Å². The number of carbonyl (C=O) groups is 1. The van der Waals surface area contributed by atoms with Crippen LogP contribution in [0.2, 0.25) is 0 Å². The Morgan fingerprint density at radius 3 is 2.00 bits per heavy atom. The molecular formula is C36H48N3O13S4+. The van der Waals surface area contributed by atoms with Gasteiger partial charge < -0.3 is 10.0 Å². The number of hydrogen-bond acceptors (Lipinski definition) is 10. The van der Waals surface area contributed by atoms with E-state index in [1.165, 1.54) is 31.3 Å². The van der Waals surface area contributed by atoms with Crippen LogP contribution in [0.25, 0.3) is 0 Å². The molecule has 2 aliphatic heterocycles. The molecule has 308 valence electrons. The quantitative estimate of drug-likeness (QED) is 0.0936. The molecule has 0 aromatic heterocycles. The van der Waals surface area contributed by atoms with Crippen molar-refractivity contribution in [3.8, 4) is 0 Å². The summed E-state index contributed by atoms with van der Waals surface area (Å²) in [6.45, 7) is 7.79. The number of carboxylic acid groups (broad SMARTS) is 1. The Balaban J connectivity index is 1.70. The van der Waals surface area contributed by atoms with Crippen molar-refractivity contribution < 1.29 is 61.8 Å². The summed E-state index contributed by atoms with van der Waals surface area (Å²) < 4.78 is 128. The molecule has 0 spiro atoms. The first-order chi connectivity index (χ1) is 25.7. The van der Waals surface area contributed by atoms with Crippen molar-refractivity contribution in [1.82, 2.24) is 4.31 Å². The van der Waals surface area contributed by atoms with Crippen LogP contribution in [0.3, 0.4) is 0 Å². The summed E-state index contributed by atoms with van der Waals surface area (Å²) in [5, 5.41) is 8.97. The van der Waals surface area contributed by atoms with Crippen LogP contribution < -0.4 is 4.90 Å². The Bertz CT molecular complexity index is 2450. The summed E-state index contributed by atoms with van der Waals surface area (Å²) in [6.07, 6.45) is 8.80. The first kappa shape index (κ1) is 44.9. The minimum Gasteiger partial charge on any atom is -0.481 e. The number of benzene rings is 2. The molecule has 4 N–H and O–H groups in total. The monoisotopic (exact) mass is 858 g/mol. The Morgan fingerprint density at radius 1 is 0.786 bits per heavy atom. The number of carboxylic acids is 1. The van der Waals surface area contributed by atoms with Gasteiger partial charge in [0.15, 0.2) is 5.71 Å². The van der Waals surface area contributed by atoms with Crippen LogP contribution in [-0.2, 0) is 56.0 Å². The second-order valence-electron chi connectivity index (χ2n) is 14.7. The number of rotatable bonds is 18. The maximum Gasteiger partial charge on any atom is 0.303 e. The highest BCUT2D eigenvalue weighted by Gasteiger charge is 2.45. The third-order valence-corrected chi connectivity index (χ3v) is 14.2. The van der Waals surface area contributed by atoms with Crippen LogP contribution >= 0.6 is 0 Å². The van der Waals surface area contributed by atoms with Crippen molar-refractivity contribution in [3.05, 3.63) is 83.6 Å². The highest BCUT2D eigenvalue weighted by molar-refractivity contribution is 7.89. The first-order valence-electron chi connectivity index (χ1n) is 17.5. The maximum absolute atomic E-state index is 13.5. The molecule has 2 aromatic rings. The van der Waals surface area contributed by atoms with E-state index in [1.807, 2.05) is 37.2 Å². The molecule has 0 atom stereocenters. The molecule has 2 aliphatic rings. The molecule has 2 heterocycles. The predicted octanol–water partition coefficient (Wildman–Crippen LogP) is 4.14. The zero-order valence-electron chi connectivity index (χ0n) is 31.7. The average Bonchev–Trinajstić information content (AvgIpc) is 3.40. The summed E-state index contributed by atoms with van der Waals surface area (Å²) in [6, 6.07) is 8.77. The Morgan fingerprint density at radius 2 is 1.39 bits per heavy atom. The van der Waals surface area contributed by atoms with Crippen LogP contribution in [0.5, 0.6) is 0 Å². The van der Waals surface area contributed by atoms with Crippen molar-refractivity contribution in [3.63, 3.8) is 0 Å². The van der Waals surface area contributed by atoms with Crippen LogP contribution in [0.1, 0.15) is 64.5 Å². The van der Waals surface area contributed by atoms with Gasteiger partial charge in [-0.2, -0.15) is 29.8 Å². The van der Waals surface area contributed by atoms with Crippen LogP contribution in [0.15, 0.2) is 82.3 Å². The topological polar surface area (TPSA) is 244 Å².